The highest BCUT2D eigenvalue weighted by Gasteiger charge is 2.13. The van der Waals surface area contributed by atoms with Gasteiger partial charge in [-0.1, -0.05) is 22.6 Å². The van der Waals surface area contributed by atoms with Crippen molar-refractivity contribution in [3.63, 3.8) is 0 Å². The second-order valence-corrected chi connectivity index (χ2v) is 3.70. The first-order valence-corrected chi connectivity index (χ1v) is 3.94. The molecule has 1 atom stereocenters. The SMILES string of the molecule is O=C1CC[C@H](I)CN1. The molecular formula is C5H8INO. The van der Waals surface area contributed by atoms with Gasteiger partial charge in [-0.15, -0.1) is 0 Å². The highest BCUT2D eigenvalue weighted by atomic mass is 127. The maximum atomic E-state index is 10.5. The third-order valence-electron chi connectivity index (χ3n) is 1.21. The number of nitrogens with one attached hydrogen (secondary N) is 1. The van der Waals surface area contributed by atoms with Gasteiger partial charge < -0.3 is 5.32 Å². The highest BCUT2D eigenvalue weighted by molar-refractivity contribution is 14.1. The molecule has 0 unspecified atom stereocenters. The van der Waals surface area contributed by atoms with E-state index in [1.165, 1.54) is 0 Å². The van der Waals surface area contributed by atoms with Crippen LogP contribution in [0.2, 0.25) is 0 Å². The fraction of sp³-hybridized carbons (Fsp3) is 0.800. The number of carbonyl (C=O) groups excluding carboxylic acids is 1. The van der Waals surface area contributed by atoms with Crippen LogP contribution in [-0.2, 0) is 4.79 Å². The van der Waals surface area contributed by atoms with Crippen molar-refractivity contribution in [1.29, 1.82) is 0 Å². The molecule has 8 heavy (non-hydrogen) atoms. The molecule has 1 aliphatic heterocycles. The fourth-order valence-corrected chi connectivity index (χ4v) is 1.23. The average Bonchev–Trinajstić information content (AvgIpc) is 1.77. The quantitative estimate of drug-likeness (QED) is 0.477. The lowest BCUT2D eigenvalue weighted by Gasteiger charge is -2.15. The van der Waals surface area contributed by atoms with E-state index in [1.54, 1.807) is 0 Å². The minimum atomic E-state index is 0.206. The summed E-state index contributed by atoms with van der Waals surface area (Å²) in [6, 6.07) is 0. The highest BCUT2D eigenvalue weighted by Crippen LogP contribution is 2.10. The molecule has 1 saturated heterocycles. The van der Waals surface area contributed by atoms with Gasteiger partial charge in [0, 0.05) is 16.9 Å². The zero-order valence-electron chi connectivity index (χ0n) is 4.48. The molecule has 0 aliphatic carbocycles. The monoisotopic (exact) mass is 225 g/mol. The van der Waals surface area contributed by atoms with Crippen LogP contribution in [-0.4, -0.2) is 16.4 Å². The summed E-state index contributed by atoms with van der Waals surface area (Å²) in [5, 5.41) is 2.79. The van der Waals surface area contributed by atoms with Gasteiger partial charge in [0.05, 0.1) is 0 Å². The van der Waals surface area contributed by atoms with Gasteiger partial charge in [-0.25, -0.2) is 0 Å². The van der Waals surface area contributed by atoms with Crippen LogP contribution in [0.3, 0.4) is 0 Å². The molecule has 1 heterocycles. The Morgan fingerprint density at radius 2 is 2.50 bits per heavy atom. The molecule has 1 aliphatic rings. The van der Waals surface area contributed by atoms with E-state index in [1.807, 2.05) is 0 Å². The standard InChI is InChI=1S/C5H8INO/c6-4-1-2-5(8)7-3-4/h4H,1-3H2,(H,7,8)/t4-/m0/s1. The fourth-order valence-electron chi connectivity index (χ4n) is 0.703. The molecular weight excluding hydrogens is 217 g/mol. The van der Waals surface area contributed by atoms with Gasteiger partial charge in [0.25, 0.3) is 0 Å². The Balaban J connectivity index is 2.29. The summed E-state index contributed by atoms with van der Waals surface area (Å²) in [6.07, 6.45) is 1.76. The van der Waals surface area contributed by atoms with E-state index in [4.69, 9.17) is 0 Å². The summed E-state index contributed by atoms with van der Waals surface area (Å²) < 4.78 is 0.658. The van der Waals surface area contributed by atoms with Gasteiger partial charge in [0.15, 0.2) is 0 Å². The van der Waals surface area contributed by atoms with Crippen LogP contribution < -0.4 is 5.32 Å². The zero-order chi connectivity index (χ0) is 5.98. The number of halogens is 1. The summed E-state index contributed by atoms with van der Waals surface area (Å²) in [7, 11) is 0. The maximum absolute atomic E-state index is 10.5. The molecule has 0 aromatic carbocycles. The second kappa shape index (κ2) is 2.66. The molecule has 46 valence electrons. The van der Waals surface area contributed by atoms with E-state index in [9.17, 15) is 4.79 Å². The van der Waals surface area contributed by atoms with Crippen LogP contribution in [0, 0.1) is 0 Å². The first-order chi connectivity index (χ1) is 3.79. The van der Waals surface area contributed by atoms with Crippen molar-refractivity contribution in [3.8, 4) is 0 Å². The lowest BCUT2D eigenvalue weighted by molar-refractivity contribution is -0.122. The van der Waals surface area contributed by atoms with Crippen molar-refractivity contribution in [2.45, 2.75) is 16.8 Å². The number of hydrogen-bond donors (Lipinski definition) is 1. The van der Waals surface area contributed by atoms with Crippen LogP contribution in [0.25, 0.3) is 0 Å². The van der Waals surface area contributed by atoms with Crippen molar-refractivity contribution < 1.29 is 4.79 Å². The zero-order valence-corrected chi connectivity index (χ0v) is 6.64. The largest absolute Gasteiger partial charge is 0.355 e. The van der Waals surface area contributed by atoms with Crippen LogP contribution in [0.1, 0.15) is 12.8 Å². The molecule has 0 aromatic rings. The number of amides is 1. The molecule has 0 bridgehead atoms. The minimum Gasteiger partial charge on any atom is -0.355 e. The van der Waals surface area contributed by atoms with E-state index in [2.05, 4.69) is 27.9 Å². The average molecular weight is 225 g/mol. The Hall–Kier alpha value is 0.200. The van der Waals surface area contributed by atoms with Gasteiger partial charge in [-0.2, -0.15) is 0 Å². The first kappa shape index (κ1) is 6.32. The third kappa shape index (κ3) is 1.61. The van der Waals surface area contributed by atoms with Crippen molar-refractivity contribution in [1.82, 2.24) is 5.32 Å². The van der Waals surface area contributed by atoms with Gasteiger partial charge in [0.2, 0.25) is 5.91 Å². The van der Waals surface area contributed by atoms with Crippen molar-refractivity contribution >= 4 is 28.5 Å². The number of rotatable bonds is 0. The Kier molecular flexibility index (Phi) is 2.10. The van der Waals surface area contributed by atoms with Gasteiger partial charge >= 0.3 is 0 Å². The summed E-state index contributed by atoms with van der Waals surface area (Å²) >= 11 is 2.35. The molecule has 1 rings (SSSR count). The second-order valence-electron chi connectivity index (χ2n) is 1.94. The number of piperidine rings is 1. The predicted molar refractivity (Wildman–Crippen MR) is 40.1 cm³/mol. The third-order valence-corrected chi connectivity index (χ3v) is 2.27. The van der Waals surface area contributed by atoms with Crippen LogP contribution in [0.5, 0.6) is 0 Å². The molecule has 2 nitrogen and oxygen atoms in total. The smallest absolute Gasteiger partial charge is 0.220 e. The van der Waals surface area contributed by atoms with Crippen LogP contribution in [0.4, 0.5) is 0 Å². The molecule has 3 heteroatoms. The molecule has 0 spiro atoms. The van der Waals surface area contributed by atoms with Gasteiger partial charge in [-0.3, -0.25) is 4.79 Å². The Morgan fingerprint density at radius 1 is 1.75 bits per heavy atom. The predicted octanol–water partition coefficient (Wildman–Crippen LogP) is 0.700. The topological polar surface area (TPSA) is 29.1 Å². The summed E-state index contributed by atoms with van der Waals surface area (Å²) in [4.78, 5) is 10.5. The molecule has 0 aromatic heterocycles. The van der Waals surface area contributed by atoms with E-state index >= 15 is 0 Å². The van der Waals surface area contributed by atoms with E-state index in [0.29, 0.717) is 10.3 Å². The number of hydrogen-bond acceptors (Lipinski definition) is 1. The molecule has 0 radical (unpaired) electrons. The molecule has 1 amide bonds. The van der Waals surface area contributed by atoms with Crippen molar-refractivity contribution in [2.75, 3.05) is 6.54 Å². The first-order valence-electron chi connectivity index (χ1n) is 2.70. The Bertz CT molecular complexity index is 94.6. The summed E-state index contributed by atoms with van der Waals surface area (Å²) in [5.41, 5.74) is 0. The Morgan fingerprint density at radius 3 is 2.88 bits per heavy atom. The van der Waals surface area contributed by atoms with Crippen LogP contribution >= 0.6 is 22.6 Å². The maximum Gasteiger partial charge on any atom is 0.220 e. The van der Waals surface area contributed by atoms with E-state index < -0.39 is 0 Å². The lowest BCUT2D eigenvalue weighted by Crippen LogP contribution is -2.34. The van der Waals surface area contributed by atoms with Crippen LogP contribution in [0.15, 0.2) is 0 Å². The van der Waals surface area contributed by atoms with Gasteiger partial charge in [-0.05, 0) is 6.42 Å². The molecule has 1 N–H and O–H groups in total. The van der Waals surface area contributed by atoms with E-state index in [-0.39, 0.29) is 5.91 Å². The summed E-state index contributed by atoms with van der Waals surface area (Å²) in [6.45, 7) is 0.861. The van der Waals surface area contributed by atoms with Gasteiger partial charge in [0.1, 0.15) is 0 Å². The molecule has 0 saturated carbocycles. The normalized spacial score (nSPS) is 29.6. The lowest BCUT2D eigenvalue weighted by atomic mass is 10.2. The van der Waals surface area contributed by atoms with Crippen molar-refractivity contribution in [3.05, 3.63) is 0 Å². The minimum absolute atomic E-state index is 0.206. The number of carbonyl (C=O) groups is 1. The number of alkyl halides is 1. The summed E-state index contributed by atoms with van der Waals surface area (Å²) in [5.74, 6) is 0.206. The van der Waals surface area contributed by atoms with E-state index in [0.717, 1.165) is 13.0 Å². The van der Waals surface area contributed by atoms with Crippen molar-refractivity contribution in [2.24, 2.45) is 0 Å². The Labute approximate surface area is 62.2 Å². The molecule has 1 fully saturated rings.